The lowest BCUT2D eigenvalue weighted by Crippen LogP contribution is -2.24. The highest BCUT2D eigenvalue weighted by Gasteiger charge is 2.25. The number of benzene rings is 1. The minimum Gasteiger partial charge on any atom is -0.293 e. The number of ketones is 1. The number of carbonyl (C=O) groups excluding carboxylic acids is 1. The molecule has 1 atom stereocenters. The second kappa shape index (κ2) is 5.43. The van der Waals surface area contributed by atoms with E-state index in [1.165, 1.54) is 18.2 Å². The van der Waals surface area contributed by atoms with Gasteiger partial charge in [-0.3, -0.25) is 4.79 Å². The number of hydrogen-bond donors (Lipinski definition) is 0. The molecule has 2 rings (SSSR count). The molecule has 1 saturated heterocycles. The number of thioether (sulfide) groups is 2. The molecule has 0 N–H and O–H groups in total. The van der Waals surface area contributed by atoms with Crippen LogP contribution in [-0.4, -0.2) is 28.3 Å². The standard InChI is InChI=1S/C11H10ClFOS2/c12-9-2-1-7(13)5-8(9)11(14)10-6-15-3-4-16-10/h1-2,5,10H,3-4,6H2. The molecule has 86 valence electrons. The van der Waals surface area contributed by atoms with Gasteiger partial charge in [0, 0.05) is 22.8 Å². The first-order chi connectivity index (χ1) is 7.68. The molecule has 16 heavy (non-hydrogen) atoms. The van der Waals surface area contributed by atoms with Crippen molar-refractivity contribution in [2.75, 3.05) is 17.3 Å². The van der Waals surface area contributed by atoms with Gasteiger partial charge in [0.2, 0.25) is 0 Å². The summed E-state index contributed by atoms with van der Waals surface area (Å²) in [6.45, 7) is 0. The largest absolute Gasteiger partial charge is 0.293 e. The van der Waals surface area contributed by atoms with Crippen LogP contribution >= 0.6 is 35.1 Å². The maximum atomic E-state index is 13.1. The van der Waals surface area contributed by atoms with Crippen molar-refractivity contribution in [1.29, 1.82) is 0 Å². The van der Waals surface area contributed by atoms with Crippen molar-refractivity contribution >= 4 is 40.9 Å². The molecule has 1 aliphatic rings. The van der Waals surface area contributed by atoms with Crippen molar-refractivity contribution in [3.05, 3.63) is 34.6 Å². The van der Waals surface area contributed by atoms with Crippen LogP contribution in [0.25, 0.3) is 0 Å². The third-order valence-corrected chi connectivity index (χ3v) is 5.39. The van der Waals surface area contributed by atoms with Gasteiger partial charge in [-0.15, -0.1) is 11.8 Å². The fourth-order valence-corrected chi connectivity index (χ4v) is 4.33. The van der Waals surface area contributed by atoms with Gasteiger partial charge in [0.25, 0.3) is 0 Å². The predicted octanol–water partition coefficient (Wildman–Crippen LogP) is 3.51. The van der Waals surface area contributed by atoms with Crippen molar-refractivity contribution in [2.45, 2.75) is 5.25 Å². The van der Waals surface area contributed by atoms with Crippen molar-refractivity contribution in [3.63, 3.8) is 0 Å². The zero-order chi connectivity index (χ0) is 11.5. The molecule has 0 aliphatic carbocycles. The van der Waals surface area contributed by atoms with Crippen LogP contribution in [0.1, 0.15) is 10.4 Å². The van der Waals surface area contributed by atoms with E-state index in [0.717, 1.165) is 17.3 Å². The molecule has 0 radical (unpaired) electrons. The molecule has 0 amide bonds. The molecule has 1 fully saturated rings. The molecular formula is C11H10ClFOS2. The smallest absolute Gasteiger partial charge is 0.178 e. The summed E-state index contributed by atoms with van der Waals surface area (Å²) in [6, 6.07) is 3.93. The van der Waals surface area contributed by atoms with E-state index < -0.39 is 5.82 Å². The normalized spacial score (nSPS) is 20.8. The lowest BCUT2D eigenvalue weighted by atomic mass is 10.1. The molecule has 1 heterocycles. The van der Waals surface area contributed by atoms with Crippen LogP contribution in [0.3, 0.4) is 0 Å². The van der Waals surface area contributed by atoms with Crippen LogP contribution in [0.5, 0.6) is 0 Å². The van der Waals surface area contributed by atoms with E-state index in [0.29, 0.717) is 10.6 Å². The fraction of sp³-hybridized carbons (Fsp3) is 0.364. The summed E-state index contributed by atoms with van der Waals surface area (Å²) in [4.78, 5) is 12.1. The molecule has 0 aromatic heterocycles. The minimum atomic E-state index is -0.416. The van der Waals surface area contributed by atoms with Crippen molar-refractivity contribution in [1.82, 2.24) is 0 Å². The summed E-state index contributed by atoms with van der Waals surface area (Å²) in [6.07, 6.45) is 0. The average molecular weight is 277 g/mol. The summed E-state index contributed by atoms with van der Waals surface area (Å²) >= 11 is 9.29. The Kier molecular flexibility index (Phi) is 4.16. The van der Waals surface area contributed by atoms with E-state index in [-0.39, 0.29) is 11.0 Å². The Morgan fingerprint density at radius 2 is 2.25 bits per heavy atom. The second-order valence-corrected chi connectivity index (χ2v) is 6.29. The van der Waals surface area contributed by atoms with Gasteiger partial charge in [-0.25, -0.2) is 4.39 Å². The number of Topliss-reactive ketones (excluding diaryl/α,β-unsaturated/α-hetero) is 1. The maximum absolute atomic E-state index is 13.1. The Bertz CT molecular complexity index is 405. The Hall–Kier alpha value is -0.190. The van der Waals surface area contributed by atoms with E-state index in [1.54, 1.807) is 23.5 Å². The Labute approximate surface area is 107 Å². The SMILES string of the molecule is O=C(c1cc(F)ccc1Cl)C1CSCCS1. The summed E-state index contributed by atoms with van der Waals surface area (Å²) < 4.78 is 13.1. The molecular weight excluding hydrogens is 267 g/mol. The molecule has 1 aromatic carbocycles. The second-order valence-electron chi connectivity index (χ2n) is 3.42. The summed E-state index contributed by atoms with van der Waals surface area (Å²) in [7, 11) is 0. The topological polar surface area (TPSA) is 17.1 Å². The quantitative estimate of drug-likeness (QED) is 0.770. The van der Waals surface area contributed by atoms with Gasteiger partial charge in [0.1, 0.15) is 5.82 Å². The molecule has 0 saturated carbocycles. The number of rotatable bonds is 2. The van der Waals surface area contributed by atoms with E-state index in [4.69, 9.17) is 11.6 Å². The van der Waals surface area contributed by atoms with Gasteiger partial charge < -0.3 is 0 Å². The average Bonchev–Trinajstić information content (AvgIpc) is 2.32. The van der Waals surface area contributed by atoms with Gasteiger partial charge >= 0.3 is 0 Å². The molecule has 0 bridgehead atoms. The minimum absolute atomic E-state index is 0.0540. The van der Waals surface area contributed by atoms with Gasteiger partial charge in [0.15, 0.2) is 5.78 Å². The van der Waals surface area contributed by atoms with Gasteiger partial charge in [-0.1, -0.05) is 11.6 Å². The highest BCUT2D eigenvalue weighted by molar-refractivity contribution is 8.07. The maximum Gasteiger partial charge on any atom is 0.178 e. The first kappa shape index (κ1) is 12.3. The van der Waals surface area contributed by atoms with Crippen LogP contribution < -0.4 is 0 Å². The van der Waals surface area contributed by atoms with Crippen molar-refractivity contribution < 1.29 is 9.18 Å². The Morgan fingerprint density at radius 1 is 1.44 bits per heavy atom. The number of hydrogen-bond acceptors (Lipinski definition) is 3. The summed E-state index contributed by atoms with van der Waals surface area (Å²) in [5.74, 6) is 2.36. The molecule has 1 nitrogen and oxygen atoms in total. The first-order valence-corrected chi connectivity index (χ1v) is 7.45. The van der Waals surface area contributed by atoms with Gasteiger partial charge in [-0.05, 0) is 18.2 Å². The van der Waals surface area contributed by atoms with Crippen LogP contribution in [-0.2, 0) is 0 Å². The van der Waals surface area contributed by atoms with Crippen LogP contribution in [0.2, 0.25) is 5.02 Å². The van der Waals surface area contributed by atoms with Crippen LogP contribution in [0.4, 0.5) is 4.39 Å². The third-order valence-electron chi connectivity index (χ3n) is 2.30. The molecule has 0 spiro atoms. The van der Waals surface area contributed by atoms with Gasteiger partial charge in [-0.2, -0.15) is 11.8 Å². The summed E-state index contributed by atoms with van der Waals surface area (Å²) in [5, 5.41) is 0.251. The zero-order valence-electron chi connectivity index (χ0n) is 8.41. The number of halogens is 2. The fourth-order valence-electron chi connectivity index (χ4n) is 1.50. The lowest BCUT2D eigenvalue weighted by molar-refractivity contribution is 0.0995. The first-order valence-electron chi connectivity index (χ1n) is 4.87. The van der Waals surface area contributed by atoms with E-state index in [9.17, 15) is 9.18 Å². The van der Waals surface area contributed by atoms with E-state index in [2.05, 4.69) is 0 Å². The third kappa shape index (κ3) is 2.73. The van der Waals surface area contributed by atoms with Crippen molar-refractivity contribution in [2.24, 2.45) is 0 Å². The van der Waals surface area contributed by atoms with Crippen molar-refractivity contribution in [3.8, 4) is 0 Å². The van der Waals surface area contributed by atoms with Crippen LogP contribution in [0, 0.1) is 5.82 Å². The highest BCUT2D eigenvalue weighted by Crippen LogP contribution is 2.29. The summed E-state index contributed by atoms with van der Waals surface area (Å²) in [5.41, 5.74) is 0.307. The highest BCUT2D eigenvalue weighted by atomic mass is 35.5. The van der Waals surface area contributed by atoms with E-state index in [1.807, 2.05) is 0 Å². The molecule has 1 aromatic rings. The number of carbonyl (C=O) groups is 1. The molecule has 5 heteroatoms. The monoisotopic (exact) mass is 276 g/mol. The van der Waals surface area contributed by atoms with E-state index >= 15 is 0 Å². The predicted molar refractivity (Wildman–Crippen MR) is 69.3 cm³/mol. The molecule has 1 unspecified atom stereocenters. The van der Waals surface area contributed by atoms with Crippen LogP contribution in [0.15, 0.2) is 18.2 Å². The Morgan fingerprint density at radius 3 is 2.94 bits per heavy atom. The zero-order valence-corrected chi connectivity index (χ0v) is 10.8. The van der Waals surface area contributed by atoms with Gasteiger partial charge in [0.05, 0.1) is 10.3 Å². The Balaban J connectivity index is 2.22. The molecule has 1 aliphatic heterocycles. The lowest BCUT2D eigenvalue weighted by Gasteiger charge is -2.20.